The number of aromatic amines is 1. The lowest BCUT2D eigenvalue weighted by atomic mass is 10.0. The van der Waals surface area contributed by atoms with Gasteiger partial charge in [0.15, 0.2) is 11.5 Å². The van der Waals surface area contributed by atoms with E-state index in [9.17, 15) is 22.8 Å². The Labute approximate surface area is 206 Å². The van der Waals surface area contributed by atoms with Crippen molar-refractivity contribution in [3.63, 3.8) is 0 Å². The zero-order chi connectivity index (χ0) is 25.8. The monoisotopic (exact) mass is 515 g/mol. The fraction of sp³-hybridized carbons (Fsp3) is 0.174. The second-order valence-corrected chi connectivity index (χ2v) is 8.76. The van der Waals surface area contributed by atoms with E-state index in [0.29, 0.717) is 16.5 Å². The molecule has 0 saturated heterocycles. The highest BCUT2D eigenvalue weighted by Gasteiger charge is 2.68. The first kappa shape index (κ1) is 23.5. The normalized spacial score (nSPS) is 14.6. The molecule has 2 amide bonds. The number of anilines is 2. The number of aromatic nitrogens is 4. The fourth-order valence-electron chi connectivity index (χ4n) is 3.99. The van der Waals surface area contributed by atoms with E-state index in [-0.39, 0.29) is 52.0 Å². The van der Waals surface area contributed by atoms with Crippen molar-refractivity contribution in [3.8, 4) is 22.6 Å². The number of nitrogens with zero attached hydrogens (tertiary/aromatic N) is 3. The highest BCUT2D eigenvalue weighted by Crippen LogP contribution is 2.58. The van der Waals surface area contributed by atoms with Crippen LogP contribution in [0.3, 0.4) is 0 Å². The molecule has 1 saturated carbocycles. The Morgan fingerprint density at radius 3 is 2.50 bits per heavy atom. The molecule has 0 spiro atoms. The summed E-state index contributed by atoms with van der Waals surface area (Å²) < 4.78 is 40.4. The number of nitrogens with one attached hydrogen (secondary N) is 2. The number of nitrogen functional groups attached to an aromatic ring is 1. The summed E-state index contributed by atoms with van der Waals surface area (Å²) >= 11 is 6.46. The third kappa shape index (κ3) is 3.70. The van der Waals surface area contributed by atoms with Gasteiger partial charge in [-0.3, -0.25) is 14.7 Å². The van der Waals surface area contributed by atoms with Crippen molar-refractivity contribution in [2.75, 3.05) is 11.1 Å². The van der Waals surface area contributed by atoms with E-state index in [1.807, 2.05) is 0 Å². The molecule has 0 radical (unpaired) electrons. The van der Waals surface area contributed by atoms with E-state index < -0.39 is 23.4 Å². The minimum Gasteiger partial charge on any atom is -0.395 e. The number of primary amides is 1. The van der Waals surface area contributed by atoms with Crippen molar-refractivity contribution in [2.45, 2.75) is 19.0 Å². The van der Waals surface area contributed by atoms with Crippen LogP contribution in [0, 0.1) is 5.41 Å². The summed E-state index contributed by atoms with van der Waals surface area (Å²) in [6.07, 6.45) is -3.78. The van der Waals surface area contributed by atoms with Gasteiger partial charge in [0.05, 0.1) is 28.1 Å². The number of hydrogen-bond acceptors (Lipinski definition) is 6. The van der Waals surface area contributed by atoms with Crippen molar-refractivity contribution in [1.82, 2.24) is 20.2 Å². The SMILES string of the molecule is NC(=O)c1nc(-c2ccccc2NC(=O)C2(C(F)(F)F)CC2)nc(-c2c(Cl)ccc3[nH]ncc23)c1N. The molecule has 2 heterocycles. The van der Waals surface area contributed by atoms with Gasteiger partial charge >= 0.3 is 6.18 Å². The molecule has 4 aromatic rings. The molecule has 184 valence electrons. The summed E-state index contributed by atoms with van der Waals surface area (Å²) in [7, 11) is 0. The second-order valence-electron chi connectivity index (χ2n) is 8.36. The highest BCUT2D eigenvalue weighted by molar-refractivity contribution is 6.35. The molecule has 1 fully saturated rings. The Kier molecular flexibility index (Phi) is 5.36. The summed E-state index contributed by atoms with van der Waals surface area (Å²) in [4.78, 5) is 33.5. The number of H-pyrrole nitrogens is 1. The first-order valence-electron chi connectivity index (χ1n) is 10.6. The molecule has 6 N–H and O–H groups in total. The summed E-state index contributed by atoms with van der Waals surface area (Å²) in [6, 6.07) is 9.29. The van der Waals surface area contributed by atoms with Gasteiger partial charge in [-0.1, -0.05) is 23.7 Å². The Morgan fingerprint density at radius 2 is 1.83 bits per heavy atom. The molecule has 1 aliphatic rings. The lowest BCUT2D eigenvalue weighted by Crippen LogP contribution is -2.37. The Balaban J connectivity index is 1.67. The minimum absolute atomic E-state index is 0.0248. The molecule has 2 aromatic carbocycles. The van der Waals surface area contributed by atoms with Gasteiger partial charge in [-0.05, 0) is 37.1 Å². The maximum absolute atomic E-state index is 13.5. The van der Waals surface area contributed by atoms with Crippen LogP contribution in [0.1, 0.15) is 23.3 Å². The lowest BCUT2D eigenvalue weighted by Gasteiger charge is -2.20. The number of hydrogen-bond donors (Lipinski definition) is 4. The number of para-hydroxylation sites is 1. The van der Waals surface area contributed by atoms with Crippen molar-refractivity contribution >= 4 is 45.7 Å². The summed E-state index contributed by atoms with van der Waals surface area (Å²) in [5.41, 5.74) is 10.1. The molecule has 5 rings (SSSR count). The number of nitrogens with two attached hydrogens (primary N) is 2. The summed E-state index contributed by atoms with van der Waals surface area (Å²) in [5.74, 6) is -2.24. The predicted molar refractivity (Wildman–Crippen MR) is 127 cm³/mol. The first-order valence-corrected chi connectivity index (χ1v) is 11.0. The molecule has 0 aliphatic heterocycles. The Hall–Kier alpha value is -4.19. The van der Waals surface area contributed by atoms with Gasteiger partial charge in [0.1, 0.15) is 11.1 Å². The number of amides is 2. The first-order chi connectivity index (χ1) is 17.0. The second kappa shape index (κ2) is 8.19. The summed E-state index contributed by atoms with van der Waals surface area (Å²) in [5, 5.41) is 9.94. The van der Waals surface area contributed by atoms with E-state index in [2.05, 4.69) is 25.5 Å². The molecular formula is C23H17ClF3N7O2. The molecule has 1 aliphatic carbocycles. The van der Waals surface area contributed by atoms with Crippen LogP contribution in [0.5, 0.6) is 0 Å². The largest absolute Gasteiger partial charge is 0.403 e. The smallest absolute Gasteiger partial charge is 0.395 e. The van der Waals surface area contributed by atoms with Crippen LogP contribution in [0.15, 0.2) is 42.6 Å². The van der Waals surface area contributed by atoms with Crippen LogP contribution < -0.4 is 16.8 Å². The maximum Gasteiger partial charge on any atom is 0.403 e. The molecule has 0 atom stereocenters. The number of rotatable bonds is 5. The quantitative estimate of drug-likeness (QED) is 0.311. The van der Waals surface area contributed by atoms with Crippen LogP contribution in [-0.4, -0.2) is 38.2 Å². The maximum atomic E-state index is 13.5. The van der Waals surface area contributed by atoms with Crippen molar-refractivity contribution < 1.29 is 22.8 Å². The van der Waals surface area contributed by atoms with Crippen LogP contribution in [0.2, 0.25) is 5.02 Å². The number of benzene rings is 2. The number of fused-ring (bicyclic) bond motifs is 1. The molecular weight excluding hydrogens is 499 g/mol. The topological polar surface area (TPSA) is 153 Å². The van der Waals surface area contributed by atoms with Crippen molar-refractivity contribution in [1.29, 1.82) is 0 Å². The molecule has 0 bridgehead atoms. The zero-order valence-electron chi connectivity index (χ0n) is 18.3. The predicted octanol–water partition coefficient (Wildman–Crippen LogP) is 4.30. The molecule has 9 nitrogen and oxygen atoms in total. The fourth-order valence-corrected chi connectivity index (χ4v) is 4.25. The van der Waals surface area contributed by atoms with Crippen LogP contribution in [0.25, 0.3) is 33.5 Å². The van der Waals surface area contributed by atoms with Gasteiger partial charge in [0.2, 0.25) is 5.91 Å². The third-order valence-corrected chi connectivity index (χ3v) is 6.45. The molecule has 13 heteroatoms. The average molecular weight is 516 g/mol. The van der Waals surface area contributed by atoms with Crippen molar-refractivity contribution in [3.05, 3.63) is 53.3 Å². The number of halogens is 4. The third-order valence-electron chi connectivity index (χ3n) is 6.13. The number of carbonyl (C=O) groups excluding carboxylic acids is 2. The molecule has 0 unspecified atom stereocenters. The van der Waals surface area contributed by atoms with Gasteiger partial charge in [-0.2, -0.15) is 18.3 Å². The van der Waals surface area contributed by atoms with E-state index in [4.69, 9.17) is 23.1 Å². The molecule has 36 heavy (non-hydrogen) atoms. The average Bonchev–Trinajstić information content (AvgIpc) is 3.53. The van der Waals surface area contributed by atoms with Crippen LogP contribution in [0.4, 0.5) is 24.5 Å². The van der Waals surface area contributed by atoms with Gasteiger partial charge in [-0.15, -0.1) is 0 Å². The van der Waals surface area contributed by atoms with E-state index in [0.717, 1.165) is 0 Å². The van der Waals surface area contributed by atoms with Gasteiger partial charge in [0, 0.05) is 16.5 Å². The minimum atomic E-state index is -4.68. The van der Waals surface area contributed by atoms with Gasteiger partial charge in [0.25, 0.3) is 5.91 Å². The summed E-state index contributed by atoms with van der Waals surface area (Å²) in [6.45, 7) is 0. The van der Waals surface area contributed by atoms with E-state index >= 15 is 0 Å². The van der Waals surface area contributed by atoms with E-state index in [1.165, 1.54) is 24.4 Å². The molecule has 2 aromatic heterocycles. The number of alkyl halides is 3. The van der Waals surface area contributed by atoms with Crippen molar-refractivity contribution in [2.24, 2.45) is 11.1 Å². The van der Waals surface area contributed by atoms with Crippen LogP contribution in [-0.2, 0) is 4.79 Å². The van der Waals surface area contributed by atoms with Gasteiger partial charge < -0.3 is 16.8 Å². The Bertz CT molecular complexity index is 1550. The van der Waals surface area contributed by atoms with Gasteiger partial charge in [-0.25, -0.2) is 9.97 Å². The highest BCUT2D eigenvalue weighted by atomic mass is 35.5. The van der Waals surface area contributed by atoms with Crippen LogP contribution >= 0.6 is 11.6 Å². The standard InChI is InChI=1S/C23H17ClF3N7O2/c24-12-5-6-14-11(9-30-34-14)15(12)17-16(28)18(19(29)35)33-20(32-17)10-3-1-2-4-13(10)31-21(36)22(7-8-22)23(25,26)27/h1-6,9H,7-8,28H2,(H2,29,35)(H,30,34)(H,31,36). The zero-order valence-corrected chi connectivity index (χ0v) is 19.0. The lowest BCUT2D eigenvalue weighted by molar-refractivity contribution is -0.189. The number of carbonyl (C=O) groups is 2. The Morgan fingerprint density at radius 1 is 1.11 bits per heavy atom. The van der Waals surface area contributed by atoms with E-state index in [1.54, 1.807) is 18.2 Å².